The van der Waals surface area contributed by atoms with Crippen LogP contribution in [0, 0.1) is 5.82 Å². The maximum atomic E-state index is 13.4. The summed E-state index contributed by atoms with van der Waals surface area (Å²) in [5.74, 6) is 0.589. The molecule has 0 unspecified atom stereocenters. The summed E-state index contributed by atoms with van der Waals surface area (Å²) in [5, 5.41) is 3.14. The van der Waals surface area contributed by atoms with Crippen LogP contribution in [0.3, 0.4) is 0 Å². The first-order chi connectivity index (χ1) is 9.29. The molecule has 0 bridgehead atoms. The second-order valence-corrected chi connectivity index (χ2v) is 4.13. The van der Waals surface area contributed by atoms with Crippen LogP contribution in [0.5, 0.6) is 0 Å². The number of anilines is 1. The van der Waals surface area contributed by atoms with Gasteiger partial charge in [0.2, 0.25) is 0 Å². The van der Waals surface area contributed by atoms with Crippen LogP contribution in [0.4, 0.5) is 10.2 Å². The Morgan fingerprint density at radius 3 is 2.74 bits per heavy atom. The van der Waals surface area contributed by atoms with Gasteiger partial charge in [0.1, 0.15) is 11.6 Å². The lowest BCUT2D eigenvalue weighted by atomic mass is 10.2. The van der Waals surface area contributed by atoms with Crippen molar-refractivity contribution in [3.8, 4) is 0 Å². The van der Waals surface area contributed by atoms with Gasteiger partial charge < -0.3 is 10.1 Å². The van der Waals surface area contributed by atoms with E-state index in [9.17, 15) is 4.39 Å². The first-order valence-corrected chi connectivity index (χ1v) is 6.30. The van der Waals surface area contributed by atoms with E-state index in [1.54, 1.807) is 18.2 Å². The molecule has 0 aliphatic carbocycles. The molecule has 0 atom stereocenters. The predicted molar refractivity (Wildman–Crippen MR) is 73.3 cm³/mol. The Morgan fingerprint density at radius 2 is 1.95 bits per heavy atom. The molecule has 19 heavy (non-hydrogen) atoms. The van der Waals surface area contributed by atoms with E-state index in [0.717, 1.165) is 18.1 Å². The average molecular weight is 260 g/mol. The van der Waals surface area contributed by atoms with Crippen LogP contribution in [0.25, 0.3) is 0 Å². The van der Waals surface area contributed by atoms with Gasteiger partial charge in [0, 0.05) is 12.1 Å². The third-order valence-corrected chi connectivity index (χ3v) is 2.63. The van der Waals surface area contributed by atoms with Gasteiger partial charge in [-0.3, -0.25) is 0 Å². The zero-order chi connectivity index (χ0) is 13.5. The number of nitrogens with one attached hydrogen (secondary N) is 1. The van der Waals surface area contributed by atoms with Crippen molar-refractivity contribution < 1.29 is 9.13 Å². The molecule has 1 aromatic heterocycles. The van der Waals surface area contributed by atoms with Gasteiger partial charge >= 0.3 is 0 Å². The van der Waals surface area contributed by atoms with Gasteiger partial charge in [0.25, 0.3) is 0 Å². The highest BCUT2D eigenvalue weighted by Crippen LogP contribution is 2.10. The summed E-state index contributed by atoms with van der Waals surface area (Å²) in [6.07, 6.45) is 0. The van der Waals surface area contributed by atoms with E-state index in [0.29, 0.717) is 12.2 Å². The lowest BCUT2D eigenvalue weighted by Crippen LogP contribution is -2.02. The third kappa shape index (κ3) is 4.03. The van der Waals surface area contributed by atoms with Gasteiger partial charge in [0.15, 0.2) is 0 Å². The fraction of sp³-hybridized carbons (Fsp3) is 0.267. The number of aromatic nitrogens is 1. The van der Waals surface area contributed by atoms with Crippen LogP contribution in [0.2, 0.25) is 0 Å². The minimum Gasteiger partial charge on any atom is -0.370 e. The lowest BCUT2D eigenvalue weighted by molar-refractivity contribution is 0.102. The monoisotopic (exact) mass is 260 g/mol. The summed E-state index contributed by atoms with van der Waals surface area (Å²) in [6.45, 7) is 3.46. The number of hydrogen-bond donors (Lipinski definition) is 1. The van der Waals surface area contributed by atoms with Crippen LogP contribution in [0.1, 0.15) is 18.2 Å². The zero-order valence-electron chi connectivity index (χ0n) is 10.9. The summed E-state index contributed by atoms with van der Waals surface area (Å²) in [4.78, 5) is 4.39. The van der Waals surface area contributed by atoms with E-state index in [1.807, 2.05) is 25.1 Å². The molecular formula is C15H17FN2O. The highest BCUT2D eigenvalue weighted by Gasteiger charge is 2.02. The number of nitrogens with zero attached hydrogens (tertiary/aromatic N) is 1. The molecule has 2 rings (SSSR count). The maximum absolute atomic E-state index is 13.4. The SMILES string of the molecule is CCNc1cccc(COCc2ccccc2F)n1. The molecule has 0 amide bonds. The summed E-state index contributed by atoms with van der Waals surface area (Å²) in [7, 11) is 0. The van der Waals surface area contributed by atoms with Crippen molar-refractivity contribution in [3.05, 3.63) is 59.5 Å². The van der Waals surface area contributed by atoms with E-state index in [1.165, 1.54) is 6.07 Å². The third-order valence-electron chi connectivity index (χ3n) is 2.63. The second-order valence-electron chi connectivity index (χ2n) is 4.13. The van der Waals surface area contributed by atoms with Crippen LogP contribution in [-0.2, 0) is 18.0 Å². The molecule has 4 heteroatoms. The van der Waals surface area contributed by atoms with Crippen molar-refractivity contribution >= 4 is 5.82 Å². The Bertz CT molecular complexity index is 531. The maximum Gasteiger partial charge on any atom is 0.128 e. The quantitative estimate of drug-likeness (QED) is 0.864. The number of benzene rings is 1. The number of ether oxygens (including phenoxy) is 1. The van der Waals surface area contributed by atoms with Gasteiger partial charge in [0.05, 0.1) is 18.9 Å². The first kappa shape index (κ1) is 13.5. The van der Waals surface area contributed by atoms with E-state index in [2.05, 4.69) is 10.3 Å². The molecule has 0 aliphatic rings. The van der Waals surface area contributed by atoms with Crippen LogP contribution < -0.4 is 5.32 Å². The normalized spacial score (nSPS) is 10.4. The van der Waals surface area contributed by atoms with E-state index in [4.69, 9.17) is 4.74 Å². The number of pyridine rings is 1. The predicted octanol–water partition coefficient (Wildman–Crippen LogP) is 3.37. The first-order valence-electron chi connectivity index (χ1n) is 6.30. The molecule has 1 heterocycles. The minimum absolute atomic E-state index is 0.239. The van der Waals surface area contributed by atoms with E-state index in [-0.39, 0.29) is 12.4 Å². The molecule has 0 fully saturated rings. The van der Waals surface area contributed by atoms with Gasteiger partial charge in [-0.05, 0) is 25.1 Å². The average Bonchev–Trinajstić information content (AvgIpc) is 2.42. The van der Waals surface area contributed by atoms with Crippen molar-refractivity contribution in [2.45, 2.75) is 20.1 Å². The summed E-state index contributed by atoms with van der Waals surface area (Å²) >= 11 is 0. The molecule has 2 aromatic rings. The second kappa shape index (κ2) is 6.85. The Hall–Kier alpha value is -1.94. The van der Waals surface area contributed by atoms with Crippen molar-refractivity contribution in [1.82, 2.24) is 4.98 Å². The van der Waals surface area contributed by atoms with Crippen molar-refractivity contribution in [1.29, 1.82) is 0 Å². The van der Waals surface area contributed by atoms with Gasteiger partial charge in [-0.1, -0.05) is 24.3 Å². The van der Waals surface area contributed by atoms with E-state index < -0.39 is 0 Å². The molecule has 1 aromatic carbocycles. The molecule has 0 saturated carbocycles. The van der Waals surface area contributed by atoms with Crippen molar-refractivity contribution in [3.63, 3.8) is 0 Å². The lowest BCUT2D eigenvalue weighted by Gasteiger charge is -2.07. The zero-order valence-corrected chi connectivity index (χ0v) is 10.9. The Labute approximate surface area is 112 Å². The molecular weight excluding hydrogens is 243 g/mol. The standard InChI is InChI=1S/C15H17FN2O/c1-2-17-15-9-5-7-13(18-15)11-19-10-12-6-3-4-8-14(12)16/h3-9H,2,10-11H2,1H3,(H,17,18). The van der Waals surface area contributed by atoms with Gasteiger partial charge in [-0.15, -0.1) is 0 Å². The molecule has 0 aliphatic heterocycles. The Morgan fingerprint density at radius 1 is 1.11 bits per heavy atom. The topological polar surface area (TPSA) is 34.1 Å². The summed E-state index contributed by atoms with van der Waals surface area (Å²) in [6, 6.07) is 12.3. The highest BCUT2D eigenvalue weighted by molar-refractivity contribution is 5.34. The van der Waals surface area contributed by atoms with Crippen LogP contribution in [-0.4, -0.2) is 11.5 Å². The van der Waals surface area contributed by atoms with Crippen LogP contribution >= 0.6 is 0 Å². The fourth-order valence-electron chi connectivity index (χ4n) is 1.72. The summed E-state index contributed by atoms with van der Waals surface area (Å²) < 4.78 is 18.9. The Balaban J connectivity index is 1.89. The van der Waals surface area contributed by atoms with Crippen LogP contribution in [0.15, 0.2) is 42.5 Å². The number of rotatable bonds is 6. The summed E-state index contributed by atoms with van der Waals surface area (Å²) in [5.41, 5.74) is 1.39. The molecule has 0 radical (unpaired) electrons. The number of hydrogen-bond acceptors (Lipinski definition) is 3. The molecule has 3 nitrogen and oxygen atoms in total. The van der Waals surface area contributed by atoms with E-state index >= 15 is 0 Å². The number of halogens is 1. The van der Waals surface area contributed by atoms with Gasteiger partial charge in [-0.25, -0.2) is 9.37 Å². The van der Waals surface area contributed by atoms with Crippen molar-refractivity contribution in [2.75, 3.05) is 11.9 Å². The Kier molecular flexibility index (Phi) is 4.86. The fourth-order valence-corrected chi connectivity index (χ4v) is 1.72. The smallest absolute Gasteiger partial charge is 0.128 e. The highest BCUT2D eigenvalue weighted by atomic mass is 19.1. The minimum atomic E-state index is -0.239. The van der Waals surface area contributed by atoms with Gasteiger partial charge in [-0.2, -0.15) is 0 Å². The van der Waals surface area contributed by atoms with Crippen molar-refractivity contribution in [2.24, 2.45) is 0 Å². The largest absolute Gasteiger partial charge is 0.370 e. The molecule has 0 saturated heterocycles. The molecule has 1 N–H and O–H groups in total. The molecule has 100 valence electrons. The molecule has 0 spiro atoms.